The summed E-state index contributed by atoms with van der Waals surface area (Å²) in [6.45, 7) is 0.250. The number of hydrogen-bond acceptors (Lipinski definition) is 2. The number of nitrogens with zero attached hydrogens (tertiary/aromatic N) is 1. The van der Waals surface area contributed by atoms with Crippen molar-refractivity contribution in [1.29, 1.82) is 0 Å². The Balaban J connectivity index is 2.19. The van der Waals surface area contributed by atoms with E-state index in [1.54, 1.807) is 6.20 Å². The Morgan fingerprint density at radius 2 is 2.28 bits per heavy atom. The van der Waals surface area contributed by atoms with Crippen molar-refractivity contribution in [3.63, 3.8) is 0 Å². The third-order valence-electron chi connectivity index (χ3n) is 2.46. The van der Waals surface area contributed by atoms with E-state index in [2.05, 4.69) is 16.2 Å². The number of carbonyl (C=O) groups is 1. The van der Waals surface area contributed by atoms with Crippen molar-refractivity contribution < 1.29 is 4.79 Å². The van der Waals surface area contributed by atoms with Crippen molar-refractivity contribution in [2.75, 3.05) is 6.54 Å². The molecule has 0 aliphatic rings. The molecule has 2 aromatic rings. The lowest BCUT2D eigenvalue weighted by Gasteiger charge is -2.04. The summed E-state index contributed by atoms with van der Waals surface area (Å²) in [5.74, 6) is 2.27. The van der Waals surface area contributed by atoms with Crippen LogP contribution in [-0.4, -0.2) is 17.4 Å². The molecule has 4 heteroatoms. The number of pyridine rings is 1. The third kappa shape index (κ3) is 2.99. The zero-order valence-electron chi connectivity index (χ0n) is 9.61. The number of amides is 1. The lowest BCUT2D eigenvalue weighted by Crippen LogP contribution is -2.25. The molecule has 18 heavy (non-hydrogen) atoms. The molecule has 0 saturated heterocycles. The van der Waals surface area contributed by atoms with Gasteiger partial charge in [-0.05, 0) is 23.8 Å². The van der Waals surface area contributed by atoms with Gasteiger partial charge in [-0.3, -0.25) is 9.78 Å². The van der Waals surface area contributed by atoms with Crippen molar-refractivity contribution in [3.05, 3.63) is 41.0 Å². The van der Waals surface area contributed by atoms with Crippen molar-refractivity contribution in [2.24, 2.45) is 0 Å². The van der Waals surface area contributed by atoms with Crippen molar-refractivity contribution in [2.45, 2.75) is 6.42 Å². The highest BCUT2D eigenvalue weighted by molar-refractivity contribution is 6.31. The zero-order valence-corrected chi connectivity index (χ0v) is 10.4. The second-order valence-electron chi connectivity index (χ2n) is 3.84. The van der Waals surface area contributed by atoms with Gasteiger partial charge >= 0.3 is 0 Å². The van der Waals surface area contributed by atoms with Gasteiger partial charge in [0.15, 0.2) is 0 Å². The molecule has 1 heterocycles. The van der Waals surface area contributed by atoms with Crippen molar-refractivity contribution in [3.8, 4) is 12.3 Å². The van der Waals surface area contributed by atoms with Gasteiger partial charge in [-0.1, -0.05) is 23.6 Å². The van der Waals surface area contributed by atoms with Crippen LogP contribution in [0.1, 0.15) is 5.56 Å². The normalized spacial score (nSPS) is 10.0. The number of halogens is 1. The first-order valence-corrected chi connectivity index (χ1v) is 5.81. The molecule has 0 unspecified atom stereocenters. The van der Waals surface area contributed by atoms with Crippen LogP contribution in [0.25, 0.3) is 10.9 Å². The van der Waals surface area contributed by atoms with E-state index in [1.165, 1.54) is 0 Å². The average molecular weight is 259 g/mol. The average Bonchev–Trinajstić information content (AvgIpc) is 2.36. The Morgan fingerprint density at radius 3 is 3.06 bits per heavy atom. The van der Waals surface area contributed by atoms with Crippen LogP contribution in [0.2, 0.25) is 5.02 Å². The molecule has 90 valence electrons. The Kier molecular flexibility index (Phi) is 3.81. The molecule has 0 aliphatic heterocycles. The monoisotopic (exact) mass is 258 g/mol. The molecule has 0 atom stereocenters. The van der Waals surface area contributed by atoms with E-state index < -0.39 is 0 Å². The second kappa shape index (κ2) is 5.52. The van der Waals surface area contributed by atoms with Gasteiger partial charge in [0.1, 0.15) is 0 Å². The summed E-state index contributed by atoms with van der Waals surface area (Å²) in [5, 5.41) is 4.12. The molecule has 0 saturated carbocycles. The van der Waals surface area contributed by atoms with E-state index >= 15 is 0 Å². The van der Waals surface area contributed by atoms with E-state index in [4.69, 9.17) is 18.0 Å². The maximum atomic E-state index is 11.5. The Hall–Kier alpha value is -2.05. The molecule has 1 aromatic carbocycles. The van der Waals surface area contributed by atoms with Crippen molar-refractivity contribution in [1.82, 2.24) is 10.3 Å². The predicted octanol–water partition coefficient (Wildman–Crippen LogP) is 2.18. The summed E-state index contributed by atoms with van der Waals surface area (Å²) in [7, 11) is 0. The number of terminal acetylenes is 1. The van der Waals surface area contributed by atoms with Crippen LogP contribution in [-0.2, 0) is 11.2 Å². The van der Waals surface area contributed by atoms with Gasteiger partial charge in [0, 0.05) is 11.6 Å². The standard InChI is InChI=1S/C14H11ClN2O/c1-2-5-16-14(18)7-10-3-4-13-11(6-10)8-12(15)9-17-13/h1,3-4,6,8-9H,5,7H2,(H,16,18). The molecule has 1 N–H and O–H groups in total. The molecule has 0 aliphatic carbocycles. The first-order valence-electron chi connectivity index (χ1n) is 5.43. The van der Waals surface area contributed by atoms with Crippen molar-refractivity contribution >= 4 is 28.4 Å². The van der Waals surface area contributed by atoms with Gasteiger partial charge in [0.2, 0.25) is 5.91 Å². The van der Waals surface area contributed by atoms with Crippen LogP contribution < -0.4 is 5.32 Å². The zero-order chi connectivity index (χ0) is 13.0. The number of nitrogens with one attached hydrogen (secondary N) is 1. The molecule has 0 bridgehead atoms. The van der Waals surface area contributed by atoms with Gasteiger partial charge in [-0.2, -0.15) is 0 Å². The van der Waals surface area contributed by atoms with Gasteiger partial charge in [0.25, 0.3) is 0 Å². The highest BCUT2D eigenvalue weighted by Crippen LogP contribution is 2.18. The highest BCUT2D eigenvalue weighted by Gasteiger charge is 2.04. The van der Waals surface area contributed by atoms with E-state index in [1.807, 2.05) is 24.3 Å². The van der Waals surface area contributed by atoms with Crippen LogP contribution in [0.15, 0.2) is 30.5 Å². The van der Waals surface area contributed by atoms with Crippen LogP contribution >= 0.6 is 11.6 Å². The molecule has 2 rings (SSSR count). The summed E-state index contributed by atoms with van der Waals surface area (Å²) < 4.78 is 0. The number of fused-ring (bicyclic) bond motifs is 1. The SMILES string of the molecule is C#CCNC(=O)Cc1ccc2ncc(Cl)cc2c1. The number of hydrogen-bond donors (Lipinski definition) is 1. The van der Waals surface area contributed by atoms with Gasteiger partial charge in [-0.15, -0.1) is 6.42 Å². The lowest BCUT2D eigenvalue weighted by atomic mass is 10.1. The molecule has 0 radical (unpaired) electrons. The molecule has 0 fully saturated rings. The fourth-order valence-corrected chi connectivity index (χ4v) is 1.83. The molecular formula is C14H11ClN2O. The molecule has 3 nitrogen and oxygen atoms in total. The second-order valence-corrected chi connectivity index (χ2v) is 4.27. The maximum absolute atomic E-state index is 11.5. The smallest absolute Gasteiger partial charge is 0.225 e. The highest BCUT2D eigenvalue weighted by atomic mass is 35.5. The third-order valence-corrected chi connectivity index (χ3v) is 2.67. The Labute approximate surface area is 110 Å². The number of rotatable bonds is 3. The minimum absolute atomic E-state index is 0.0951. The van der Waals surface area contributed by atoms with E-state index in [9.17, 15) is 4.79 Å². The van der Waals surface area contributed by atoms with E-state index in [-0.39, 0.29) is 12.5 Å². The summed E-state index contributed by atoms with van der Waals surface area (Å²) >= 11 is 5.88. The topological polar surface area (TPSA) is 42.0 Å². The molecule has 1 amide bonds. The lowest BCUT2D eigenvalue weighted by molar-refractivity contribution is -0.120. The molecule has 1 aromatic heterocycles. The van der Waals surface area contributed by atoms with Gasteiger partial charge in [-0.25, -0.2) is 0 Å². The first-order chi connectivity index (χ1) is 8.69. The summed E-state index contributed by atoms with van der Waals surface area (Å²) in [5.41, 5.74) is 1.76. The summed E-state index contributed by atoms with van der Waals surface area (Å²) in [6, 6.07) is 7.48. The minimum atomic E-state index is -0.0951. The van der Waals surface area contributed by atoms with Gasteiger partial charge in [0.05, 0.1) is 23.5 Å². The summed E-state index contributed by atoms with van der Waals surface area (Å²) in [4.78, 5) is 15.7. The van der Waals surface area contributed by atoms with E-state index in [0.29, 0.717) is 11.4 Å². The summed E-state index contributed by atoms with van der Waals surface area (Å²) in [6.07, 6.45) is 6.97. The number of aromatic nitrogens is 1. The fraction of sp³-hybridized carbons (Fsp3) is 0.143. The number of benzene rings is 1. The first kappa shape index (κ1) is 12.4. The molecular weight excluding hydrogens is 248 g/mol. The number of carbonyl (C=O) groups excluding carboxylic acids is 1. The molecule has 0 spiro atoms. The minimum Gasteiger partial charge on any atom is -0.345 e. The van der Waals surface area contributed by atoms with Crippen LogP contribution in [0.4, 0.5) is 0 Å². The van der Waals surface area contributed by atoms with E-state index in [0.717, 1.165) is 16.5 Å². The van der Waals surface area contributed by atoms with Gasteiger partial charge < -0.3 is 5.32 Å². The van der Waals surface area contributed by atoms with Crippen LogP contribution in [0.5, 0.6) is 0 Å². The quantitative estimate of drug-likeness (QED) is 0.858. The Bertz CT molecular complexity index is 631. The van der Waals surface area contributed by atoms with Crippen LogP contribution in [0.3, 0.4) is 0 Å². The largest absolute Gasteiger partial charge is 0.345 e. The Morgan fingerprint density at radius 1 is 1.44 bits per heavy atom. The fourth-order valence-electron chi connectivity index (χ4n) is 1.66. The predicted molar refractivity (Wildman–Crippen MR) is 72.3 cm³/mol. The maximum Gasteiger partial charge on any atom is 0.225 e. The van der Waals surface area contributed by atoms with Crippen LogP contribution in [0, 0.1) is 12.3 Å².